The number of pyridine rings is 1. The van der Waals surface area contributed by atoms with E-state index in [1.807, 2.05) is 6.20 Å². The predicted molar refractivity (Wildman–Crippen MR) is 141 cm³/mol. The molecule has 35 heavy (non-hydrogen) atoms. The fourth-order valence-corrected chi connectivity index (χ4v) is 7.04. The molecule has 2 nitrogen and oxygen atoms in total. The zero-order chi connectivity index (χ0) is 22.7. The summed E-state index contributed by atoms with van der Waals surface area (Å²) in [6.07, 6.45) is 5.92. The smallest absolute Gasteiger partial charge is 0.0716 e. The summed E-state index contributed by atoms with van der Waals surface area (Å²) in [5, 5.41) is 0. The molecule has 4 aromatic carbocycles. The first kappa shape index (κ1) is 18.2. The molecule has 5 aromatic rings. The number of aromatic nitrogens is 1. The van der Waals surface area contributed by atoms with E-state index in [-0.39, 0.29) is 0 Å². The van der Waals surface area contributed by atoms with Crippen molar-refractivity contribution in [3.05, 3.63) is 130 Å². The van der Waals surface area contributed by atoms with Crippen LogP contribution in [0.3, 0.4) is 0 Å². The average molecular weight is 447 g/mol. The van der Waals surface area contributed by atoms with Crippen molar-refractivity contribution in [3.8, 4) is 22.3 Å². The molecular formula is C33H22N2. The van der Waals surface area contributed by atoms with Crippen LogP contribution in [-0.4, -0.2) is 4.98 Å². The standard InChI is InChI=1S/C33H22N2/c1-3-7-26-19(5-1)14-24-16-25-17-29-32-23(11-12-34-29)15-22-10-9-21-13-20-6-2-4-8-27(20)31(21)33(22)35(32)30(25)18-28(24)26/h1-12,16,18H,13-15,17H2. The third kappa shape index (κ3) is 2.27. The normalized spacial score (nSPS) is 14.9. The van der Waals surface area contributed by atoms with E-state index in [9.17, 15) is 0 Å². The summed E-state index contributed by atoms with van der Waals surface area (Å²) in [5.74, 6) is 0. The largest absolute Gasteiger partial charge is 0.307 e. The minimum absolute atomic E-state index is 0.902. The van der Waals surface area contributed by atoms with Gasteiger partial charge in [0.15, 0.2) is 0 Å². The lowest BCUT2D eigenvalue weighted by atomic mass is 9.85. The molecule has 4 aliphatic rings. The number of fused-ring (bicyclic) bond motifs is 11. The first-order chi connectivity index (χ1) is 17.3. The van der Waals surface area contributed by atoms with Gasteiger partial charge in [-0.2, -0.15) is 0 Å². The molecule has 0 N–H and O–H groups in total. The zero-order valence-electron chi connectivity index (χ0n) is 19.3. The number of rotatable bonds is 0. The second-order valence-electron chi connectivity index (χ2n) is 10.4. The number of hydrogen-bond acceptors (Lipinski definition) is 2. The summed E-state index contributed by atoms with van der Waals surface area (Å²) < 4.78 is 0. The van der Waals surface area contributed by atoms with Crippen LogP contribution < -0.4 is 4.90 Å². The molecule has 0 fully saturated rings. The van der Waals surface area contributed by atoms with E-state index >= 15 is 0 Å². The summed E-state index contributed by atoms with van der Waals surface area (Å²) in [4.78, 5) is 7.49. The molecule has 164 valence electrons. The molecule has 3 heterocycles. The van der Waals surface area contributed by atoms with Crippen LogP contribution in [0.5, 0.6) is 0 Å². The molecule has 0 radical (unpaired) electrons. The highest BCUT2D eigenvalue weighted by Gasteiger charge is 2.37. The maximum Gasteiger partial charge on any atom is 0.0716 e. The van der Waals surface area contributed by atoms with Gasteiger partial charge in [0.2, 0.25) is 0 Å². The molecule has 1 aromatic heterocycles. The van der Waals surface area contributed by atoms with E-state index in [1.54, 1.807) is 0 Å². The summed E-state index contributed by atoms with van der Waals surface area (Å²) in [6.45, 7) is 0. The second-order valence-corrected chi connectivity index (χ2v) is 10.4. The van der Waals surface area contributed by atoms with Crippen molar-refractivity contribution in [1.29, 1.82) is 0 Å². The van der Waals surface area contributed by atoms with Gasteiger partial charge in [-0.3, -0.25) is 4.98 Å². The monoisotopic (exact) mass is 446 g/mol. The van der Waals surface area contributed by atoms with Crippen LogP contribution in [0, 0.1) is 0 Å². The fraction of sp³-hybridized carbons (Fsp3) is 0.121. The topological polar surface area (TPSA) is 16.1 Å². The first-order valence-electron chi connectivity index (χ1n) is 12.6. The van der Waals surface area contributed by atoms with Gasteiger partial charge >= 0.3 is 0 Å². The lowest BCUT2D eigenvalue weighted by Crippen LogP contribution is -2.26. The summed E-state index contributed by atoms with van der Waals surface area (Å²) in [6, 6.07) is 29.8. The molecule has 9 rings (SSSR count). The highest BCUT2D eigenvalue weighted by molar-refractivity contribution is 6.00. The predicted octanol–water partition coefficient (Wildman–Crippen LogP) is 7.50. The maximum atomic E-state index is 4.91. The molecule has 2 aliphatic heterocycles. The van der Waals surface area contributed by atoms with Crippen molar-refractivity contribution < 1.29 is 0 Å². The Labute approximate surface area is 204 Å². The molecule has 2 heteroatoms. The molecular weight excluding hydrogens is 424 g/mol. The highest BCUT2D eigenvalue weighted by Crippen LogP contribution is 2.56. The van der Waals surface area contributed by atoms with Crippen molar-refractivity contribution >= 4 is 17.1 Å². The molecule has 0 bridgehead atoms. The summed E-state index contributed by atoms with van der Waals surface area (Å²) in [5.41, 5.74) is 20.8. The lowest BCUT2D eigenvalue weighted by Gasteiger charge is -2.40. The molecule has 0 atom stereocenters. The Morgan fingerprint density at radius 3 is 2.14 bits per heavy atom. The highest BCUT2D eigenvalue weighted by atomic mass is 15.2. The molecule has 0 saturated heterocycles. The Morgan fingerprint density at radius 1 is 0.514 bits per heavy atom. The van der Waals surface area contributed by atoms with E-state index in [0.29, 0.717) is 0 Å². The minimum atomic E-state index is 0.902. The van der Waals surface area contributed by atoms with Gasteiger partial charge in [-0.25, -0.2) is 0 Å². The van der Waals surface area contributed by atoms with Crippen molar-refractivity contribution in [1.82, 2.24) is 4.98 Å². The Bertz CT molecular complexity index is 1760. The first-order valence-corrected chi connectivity index (χ1v) is 12.6. The number of hydrogen-bond donors (Lipinski definition) is 0. The Kier molecular flexibility index (Phi) is 3.27. The Morgan fingerprint density at radius 2 is 1.23 bits per heavy atom. The van der Waals surface area contributed by atoms with Gasteiger partial charge in [-0.15, -0.1) is 0 Å². The minimum Gasteiger partial charge on any atom is -0.307 e. The van der Waals surface area contributed by atoms with E-state index < -0.39 is 0 Å². The van der Waals surface area contributed by atoms with Crippen molar-refractivity contribution in [2.75, 3.05) is 4.90 Å². The van der Waals surface area contributed by atoms with Gasteiger partial charge in [0.1, 0.15) is 0 Å². The zero-order valence-corrected chi connectivity index (χ0v) is 19.3. The van der Waals surface area contributed by atoms with Gasteiger partial charge < -0.3 is 4.90 Å². The molecule has 2 aliphatic carbocycles. The van der Waals surface area contributed by atoms with Gasteiger partial charge in [0.25, 0.3) is 0 Å². The van der Waals surface area contributed by atoms with Gasteiger partial charge in [-0.1, -0.05) is 66.7 Å². The molecule has 0 unspecified atom stereocenters. The van der Waals surface area contributed by atoms with E-state index in [0.717, 1.165) is 25.7 Å². The van der Waals surface area contributed by atoms with E-state index in [4.69, 9.17) is 4.98 Å². The molecule has 0 spiro atoms. The van der Waals surface area contributed by atoms with E-state index in [2.05, 4.69) is 83.8 Å². The van der Waals surface area contributed by atoms with Crippen LogP contribution in [0.2, 0.25) is 0 Å². The van der Waals surface area contributed by atoms with Crippen molar-refractivity contribution in [2.45, 2.75) is 25.7 Å². The number of benzene rings is 4. The Hall–Kier alpha value is -4.17. The van der Waals surface area contributed by atoms with Gasteiger partial charge in [-0.05, 0) is 80.6 Å². The SMILES string of the molecule is c1ccc2c(c1)Cc1cc3c(cc1-2)N1c2c(ccnc2C3)Cc2ccc3c(c21)-c1ccccc1C3. The number of anilines is 3. The van der Waals surface area contributed by atoms with Crippen LogP contribution in [-0.2, 0) is 25.7 Å². The average Bonchev–Trinajstić information content (AvgIpc) is 3.45. The van der Waals surface area contributed by atoms with Crippen molar-refractivity contribution in [3.63, 3.8) is 0 Å². The quantitative estimate of drug-likeness (QED) is 0.240. The molecule has 0 saturated carbocycles. The third-order valence-corrected chi connectivity index (χ3v) is 8.52. The van der Waals surface area contributed by atoms with Gasteiger partial charge in [0, 0.05) is 24.6 Å². The third-order valence-electron chi connectivity index (χ3n) is 8.52. The summed E-state index contributed by atoms with van der Waals surface area (Å²) >= 11 is 0. The van der Waals surface area contributed by atoms with Crippen LogP contribution in [0.4, 0.5) is 17.1 Å². The summed E-state index contributed by atoms with van der Waals surface area (Å²) in [7, 11) is 0. The van der Waals surface area contributed by atoms with Crippen molar-refractivity contribution in [2.24, 2.45) is 0 Å². The number of nitrogens with zero attached hydrogens (tertiary/aromatic N) is 2. The van der Waals surface area contributed by atoms with Crippen LogP contribution in [0.15, 0.2) is 85.1 Å². The second kappa shape index (κ2) is 6.28. The lowest BCUT2D eigenvalue weighted by molar-refractivity contribution is 0.958. The fourth-order valence-electron chi connectivity index (χ4n) is 7.04. The van der Waals surface area contributed by atoms with Crippen LogP contribution in [0.25, 0.3) is 22.3 Å². The van der Waals surface area contributed by atoms with E-state index in [1.165, 1.54) is 84.0 Å². The Balaban J connectivity index is 1.37. The molecule has 0 amide bonds. The van der Waals surface area contributed by atoms with Crippen LogP contribution in [0.1, 0.15) is 44.6 Å². The maximum absolute atomic E-state index is 4.91. The van der Waals surface area contributed by atoms with Crippen LogP contribution >= 0.6 is 0 Å². The van der Waals surface area contributed by atoms with Gasteiger partial charge in [0.05, 0.1) is 22.8 Å².